The maximum absolute atomic E-state index is 4.34. The molecule has 0 spiro atoms. The Bertz CT molecular complexity index is 498. The van der Waals surface area contributed by atoms with Gasteiger partial charge >= 0.3 is 0 Å². The van der Waals surface area contributed by atoms with E-state index in [0.29, 0.717) is 5.03 Å². The highest BCUT2D eigenvalue weighted by Crippen LogP contribution is 2.36. The summed E-state index contributed by atoms with van der Waals surface area (Å²) in [5.74, 6) is 0. The fourth-order valence-electron chi connectivity index (χ4n) is 1.69. The van der Waals surface area contributed by atoms with Crippen molar-refractivity contribution in [3.63, 3.8) is 0 Å². The molecule has 4 heteroatoms. The first-order valence-electron chi connectivity index (χ1n) is 5.11. The van der Waals surface area contributed by atoms with Crippen molar-refractivity contribution in [3.05, 3.63) is 29.8 Å². The van der Waals surface area contributed by atoms with Gasteiger partial charge in [-0.3, -0.25) is 0 Å². The van der Waals surface area contributed by atoms with Gasteiger partial charge in [-0.05, 0) is 28.1 Å². The van der Waals surface area contributed by atoms with Gasteiger partial charge in [0.1, 0.15) is 5.03 Å². The molecule has 84 valence electrons. The van der Waals surface area contributed by atoms with Crippen LogP contribution in [0.4, 0.5) is 0 Å². The van der Waals surface area contributed by atoms with Crippen LogP contribution in [-0.2, 0) is 5.41 Å². The first kappa shape index (κ1) is 11.6. The first-order valence-corrected chi connectivity index (χ1v) is 6.33. The van der Waals surface area contributed by atoms with E-state index in [4.69, 9.17) is 0 Å². The topological polar surface area (TPSA) is 25.8 Å². The van der Waals surface area contributed by atoms with E-state index >= 15 is 0 Å². The molecule has 0 saturated carbocycles. The molecule has 0 aliphatic heterocycles. The van der Waals surface area contributed by atoms with Gasteiger partial charge in [0.2, 0.25) is 0 Å². The smallest absolute Gasteiger partial charge is 0.131 e. The fraction of sp³-hybridized carbons (Fsp3) is 0.333. The van der Waals surface area contributed by atoms with Crippen LogP contribution in [-0.4, -0.2) is 9.59 Å². The number of hydrogen-bond acceptors (Lipinski definition) is 4. The third-order valence-corrected chi connectivity index (χ3v) is 3.67. The molecule has 2 nitrogen and oxygen atoms in total. The van der Waals surface area contributed by atoms with E-state index in [1.54, 1.807) is 0 Å². The summed E-state index contributed by atoms with van der Waals surface area (Å²) in [5, 5.41) is 4.66. The molecule has 0 amide bonds. The average Bonchev–Trinajstić information content (AvgIpc) is 2.63. The highest BCUT2D eigenvalue weighted by molar-refractivity contribution is 7.80. The van der Waals surface area contributed by atoms with Crippen LogP contribution in [0, 0.1) is 0 Å². The maximum Gasteiger partial charge on any atom is 0.136 e. The third kappa shape index (κ3) is 2.13. The lowest BCUT2D eigenvalue weighted by atomic mass is 9.83. The number of hydrogen-bond donors (Lipinski definition) is 1. The molecule has 0 fully saturated rings. The highest BCUT2D eigenvalue weighted by Gasteiger charge is 2.20. The van der Waals surface area contributed by atoms with Crippen molar-refractivity contribution in [2.75, 3.05) is 0 Å². The first-order chi connectivity index (χ1) is 7.50. The summed E-state index contributed by atoms with van der Waals surface area (Å²) in [4.78, 5) is 1.05. The Morgan fingerprint density at radius 1 is 1.19 bits per heavy atom. The van der Waals surface area contributed by atoms with Crippen molar-refractivity contribution in [2.45, 2.75) is 31.2 Å². The van der Waals surface area contributed by atoms with Gasteiger partial charge in [-0.1, -0.05) is 49.5 Å². The van der Waals surface area contributed by atoms with Gasteiger partial charge in [-0.15, -0.1) is 17.7 Å². The zero-order valence-corrected chi connectivity index (χ0v) is 11.3. The van der Waals surface area contributed by atoms with Crippen LogP contribution in [0.2, 0.25) is 0 Å². The lowest BCUT2D eigenvalue weighted by Crippen LogP contribution is -2.12. The van der Waals surface area contributed by atoms with E-state index in [0.717, 1.165) is 4.88 Å². The summed E-state index contributed by atoms with van der Waals surface area (Å²) in [6.07, 6.45) is 0. The van der Waals surface area contributed by atoms with E-state index in [1.165, 1.54) is 22.7 Å². The summed E-state index contributed by atoms with van der Waals surface area (Å²) in [5.41, 5.74) is 2.60. The minimum atomic E-state index is 0.112. The number of thiol groups is 1. The molecular weight excluding hydrogens is 236 g/mol. The normalized spacial score (nSPS) is 11.8. The highest BCUT2D eigenvalue weighted by atomic mass is 32.1. The molecule has 1 heterocycles. The number of benzene rings is 1. The van der Waals surface area contributed by atoms with Gasteiger partial charge in [0.05, 0.1) is 4.88 Å². The quantitative estimate of drug-likeness (QED) is 0.779. The number of rotatable bonds is 1. The zero-order chi connectivity index (χ0) is 11.8. The SMILES string of the molecule is CC(C)(C)c1ccccc1-c1snnc1S. The van der Waals surface area contributed by atoms with E-state index < -0.39 is 0 Å². The largest absolute Gasteiger partial charge is 0.136 e. The van der Waals surface area contributed by atoms with Crippen molar-refractivity contribution in [1.29, 1.82) is 0 Å². The standard InChI is InChI=1S/C12H14N2S2/c1-12(2,3)9-7-5-4-6-8(9)10-11(15)13-14-16-10/h4-7,15H,1-3H3. The van der Waals surface area contributed by atoms with Gasteiger partial charge in [0.15, 0.2) is 0 Å². The molecule has 1 aromatic carbocycles. The molecule has 0 aliphatic rings. The average molecular weight is 250 g/mol. The molecule has 0 atom stereocenters. The lowest BCUT2D eigenvalue weighted by molar-refractivity contribution is 0.592. The summed E-state index contributed by atoms with van der Waals surface area (Å²) < 4.78 is 3.94. The molecule has 0 unspecified atom stereocenters. The molecule has 0 aliphatic carbocycles. The molecule has 0 radical (unpaired) electrons. The summed E-state index contributed by atoms with van der Waals surface area (Å²) in [7, 11) is 0. The molecule has 0 saturated heterocycles. The molecule has 2 rings (SSSR count). The second-order valence-corrected chi connectivity index (χ2v) is 5.90. The van der Waals surface area contributed by atoms with Crippen LogP contribution in [0.1, 0.15) is 26.3 Å². The van der Waals surface area contributed by atoms with Crippen molar-refractivity contribution in [3.8, 4) is 10.4 Å². The summed E-state index contributed by atoms with van der Waals surface area (Å²) in [6, 6.07) is 8.37. The van der Waals surface area contributed by atoms with Gasteiger partial charge < -0.3 is 0 Å². The molecular formula is C12H14N2S2. The van der Waals surface area contributed by atoms with Crippen molar-refractivity contribution in [1.82, 2.24) is 9.59 Å². The van der Waals surface area contributed by atoms with Crippen molar-refractivity contribution in [2.24, 2.45) is 0 Å². The van der Waals surface area contributed by atoms with Gasteiger partial charge in [-0.2, -0.15) is 0 Å². The number of aromatic nitrogens is 2. The Hall–Kier alpha value is -0.870. The Balaban J connectivity index is 2.62. The Morgan fingerprint density at radius 2 is 1.88 bits per heavy atom. The van der Waals surface area contributed by atoms with Crippen molar-refractivity contribution >= 4 is 24.2 Å². The van der Waals surface area contributed by atoms with Crippen LogP contribution in [0.5, 0.6) is 0 Å². The second kappa shape index (κ2) is 4.18. The van der Waals surface area contributed by atoms with E-state index in [1.807, 2.05) is 6.07 Å². The van der Waals surface area contributed by atoms with Crippen LogP contribution < -0.4 is 0 Å². The predicted molar refractivity (Wildman–Crippen MR) is 71.3 cm³/mol. The molecule has 1 aromatic heterocycles. The zero-order valence-electron chi connectivity index (χ0n) is 9.56. The van der Waals surface area contributed by atoms with Crippen LogP contribution in [0.3, 0.4) is 0 Å². The van der Waals surface area contributed by atoms with Gasteiger partial charge in [0.25, 0.3) is 0 Å². The lowest BCUT2D eigenvalue weighted by Gasteiger charge is -2.22. The molecule has 2 aromatic rings. The summed E-state index contributed by atoms with van der Waals surface area (Å²) >= 11 is 5.74. The predicted octanol–water partition coefficient (Wildman–Crippen LogP) is 3.79. The maximum atomic E-state index is 4.34. The van der Waals surface area contributed by atoms with Crippen LogP contribution >= 0.6 is 24.2 Å². The number of nitrogens with zero attached hydrogens (tertiary/aromatic N) is 2. The van der Waals surface area contributed by atoms with E-state index in [2.05, 4.69) is 61.2 Å². The van der Waals surface area contributed by atoms with Crippen LogP contribution in [0.15, 0.2) is 29.3 Å². The fourth-order valence-corrected chi connectivity index (χ4v) is 2.64. The monoisotopic (exact) mass is 250 g/mol. The van der Waals surface area contributed by atoms with Gasteiger partial charge in [0, 0.05) is 0 Å². The Labute approximate surface area is 105 Å². The Kier molecular flexibility index (Phi) is 3.04. The van der Waals surface area contributed by atoms with E-state index in [-0.39, 0.29) is 5.41 Å². The molecule has 0 N–H and O–H groups in total. The second-order valence-electron chi connectivity index (χ2n) is 4.72. The third-order valence-electron chi connectivity index (χ3n) is 2.45. The van der Waals surface area contributed by atoms with Crippen molar-refractivity contribution < 1.29 is 0 Å². The summed E-state index contributed by atoms with van der Waals surface area (Å²) in [6.45, 7) is 6.62. The van der Waals surface area contributed by atoms with E-state index in [9.17, 15) is 0 Å². The molecule has 0 bridgehead atoms. The minimum absolute atomic E-state index is 0.112. The minimum Gasteiger partial charge on any atom is -0.131 e. The van der Waals surface area contributed by atoms with Gasteiger partial charge in [-0.25, -0.2) is 0 Å². The molecule has 16 heavy (non-hydrogen) atoms. The Morgan fingerprint density at radius 3 is 2.44 bits per heavy atom. The van der Waals surface area contributed by atoms with Crippen LogP contribution in [0.25, 0.3) is 10.4 Å².